The Labute approximate surface area is 156 Å². The van der Waals surface area contributed by atoms with E-state index in [1.807, 2.05) is 43.3 Å². The summed E-state index contributed by atoms with van der Waals surface area (Å²) in [6, 6.07) is 15.2. The van der Waals surface area contributed by atoms with Crippen molar-refractivity contribution in [1.82, 2.24) is 4.98 Å². The van der Waals surface area contributed by atoms with Crippen molar-refractivity contribution in [1.29, 1.82) is 0 Å². The number of rotatable bonds is 6. The van der Waals surface area contributed by atoms with Gasteiger partial charge in [-0.05, 0) is 42.8 Å². The van der Waals surface area contributed by atoms with Crippen LogP contribution in [-0.4, -0.2) is 30.9 Å². The molecule has 1 N–H and O–H groups in total. The molecule has 0 spiro atoms. The van der Waals surface area contributed by atoms with Crippen molar-refractivity contribution in [3.05, 3.63) is 54.1 Å². The van der Waals surface area contributed by atoms with Crippen molar-refractivity contribution in [3.8, 4) is 11.5 Å². The maximum Gasteiger partial charge on any atom is 0.234 e. The van der Waals surface area contributed by atoms with Crippen LogP contribution in [0.4, 0.5) is 5.69 Å². The lowest BCUT2D eigenvalue weighted by Crippen LogP contribution is -2.14. The van der Waals surface area contributed by atoms with Gasteiger partial charge in [0.2, 0.25) is 5.91 Å². The van der Waals surface area contributed by atoms with E-state index < -0.39 is 0 Å². The number of nitrogens with zero attached hydrogens (tertiary/aromatic N) is 1. The lowest BCUT2D eigenvalue weighted by atomic mass is 10.2. The molecule has 0 saturated heterocycles. The first-order chi connectivity index (χ1) is 12.6. The van der Waals surface area contributed by atoms with Crippen LogP contribution in [0.2, 0.25) is 0 Å². The summed E-state index contributed by atoms with van der Waals surface area (Å²) in [5, 5.41) is 4.76. The molecule has 0 atom stereocenters. The number of pyridine rings is 1. The van der Waals surface area contributed by atoms with Crippen molar-refractivity contribution in [2.45, 2.75) is 11.9 Å². The monoisotopic (exact) mass is 368 g/mol. The zero-order valence-electron chi connectivity index (χ0n) is 14.9. The Balaban J connectivity index is 1.70. The number of fused-ring (bicyclic) bond motifs is 1. The van der Waals surface area contributed by atoms with Gasteiger partial charge in [-0.2, -0.15) is 0 Å². The number of amides is 1. The standard InChI is InChI=1S/C20H20N2O3S/c1-13-9-14-7-8-17(25-3)11-18(14)22-20(13)26-12-19(23)21-15-5-4-6-16(10-15)24-2/h4-11H,12H2,1-3H3,(H,21,23). The molecule has 0 aliphatic carbocycles. The van der Waals surface area contributed by atoms with Crippen LogP contribution >= 0.6 is 11.8 Å². The Morgan fingerprint density at radius 2 is 1.85 bits per heavy atom. The summed E-state index contributed by atoms with van der Waals surface area (Å²) < 4.78 is 10.4. The maximum atomic E-state index is 12.2. The normalized spacial score (nSPS) is 10.6. The van der Waals surface area contributed by atoms with E-state index in [2.05, 4.69) is 16.4 Å². The fourth-order valence-corrected chi connectivity index (χ4v) is 3.33. The molecule has 26 heavy (non-hydrogen) atoms. The quantitative estimate of drug-likeness (QED) is 0.658. The summed E-state index contributed by atoms with van der Waals surface area (Å²) in [6.45, 7) is 2.00. The SMILES string of the molecule is COc1cccc(NC(=O)CSc2nc3cc(OC)ccc3cc2C)c1. The topological polar surface area (TPSA) is 60.5 Å². The molecule has 1 heterocycles. The number of methoxy groups -OCH3 is 2. The van der Waals surface area contributed by atoms with Gasteiger partial charge in [0.15, 0.2) is 0 Å². The highest BCUT2D eigenvalue weighted by molar-refractivity contribution is 8.00. The van der Waals surface area contributed by atoms with Crippen LogP contribution in [0, 0.1) is 6.92 Å². The predicted molar refractivity (Wildman–Crippen MR) is 105 cm³/mol. The van der Waals surface area contributed by atoms with Crippen LogP contribution in [0.5, 0.6) is 11.5 Å². The predicted octanol–water partition coefficient (Wildman–Crippen LogP) is 4.29. The summed E-state index contributed by atoms with van der Waals surface area (Å²) >= 11 is 1.42. The average Bonchev–Trinajstić information content (AvgIpc) is 2.66. The number of hydrogen-bond donors (Lipinski definition) is 1. The number of hydrogen-bond acceptors (Lipinski definition) is 5. The third-order valence-electron chi connectivity index (χ3n) is 3.86. The molecule has 0 aliphatic rings. The molecule has 0 radical (unpaired) electrons. The van der Waals surface area contributed by atoms with Crippen molar-refractivity contribution in [2.24, 2.45) is 0 Å². The number of thioether (sulfide) groups is 1. The minimum absolute atomic E-state index is 0.0878. The molecule has 0 unspecified atom stereocenters. The van der Waals surface area contributed by atoms with Crippen LogP contribution in [-0.2, 0) is 4.79 Å². The van der Waals surface area contributed by atoms with Gasteiger partial charge in [-0.25, -0.2) is 4.98 Å². The number of carbonyl (C=O) groups is 1. The second-order valence-electron chi connectivity index (χ2n) is 5.74. The Bertz CT molecular complexity index is 943. The number of ether oxygens (including phenoxy) is 2. The van der Waals surface area contributed by atoms with E-state index in [0.29, 0.717) is 11.4 Å². The molecule has 1 aromatic heterocycles. The van der Waals surface area contributed by atoms with Crippen molar-refractivity contribution < 1.29 is 14.3 Å². The van der Waals surface area contributed by atoms with E-state index in [-0.39, 0.29) is 11.7 Å². The first-order valence-corrected chi connectivity index (χ1v) is 9.09. The maximum absolute atomic E-state index is 12.2. The van der Waals surface area contributed by atoms with E-state index in [9.17, 15) is 4.79 Å². The fourth-order valence-electron chi connectivity index (χ4n) is 2.54. The highest BCUT2D eigenvalue weighted by Gasteiger charge is 2.09. The van der Waals surface area contributed by atoms with Crippen LogP contribution in [0.3, 0.4) is 0 Å². The van der Waals surface area contributed by atoms with Gasteiger partial charge in [-0.3, -0.25) is 4.79 Å². The number of aromatic nitrogens is 1. The van der Waals surface area contributed by atoms with Crippen molar-refractivity contribution in [2.75, 3.05) is 25.3 Å². The minimum Gasteiger partial charge on any atom is -0.497 e. The van der Waals surface area contributed by atoms with E-state index in [4.69, 9.17) is 9.47 Å². The van der Waals surface area contributed by atoms with E-state index in [0.717, 1.165) is 27.2 Å². The summed E-state index contributed by atoms with van der Waals surface area (Å²) in [7, 11) is 3.23. The van der Waals surface area contributed by atoms with Gasteiger partial charge in [0, 0.05) is 23.2 Å². The van der Waals surface area contributed by atoms with Crippen LogP contribution in [0.1, 0.15) is 5.56 Å². The zero-order valence-corrected chi connectivity index (χ0v) is 15.7. The summed E-state index contributed by atoms with van der Waals surface area (Å²) in [6.07, 6.45) is 0. The van der Waals surface area contributed by atoms with Gasteiger partial charge in [-0.1, -0.05) is 17.8 Å². The molecule has 0 bridgehead atoms. The Kier molecular flexibility index (Phi) is 5.63. The van der Waals surface area contributed by atoms with Gasteiger partial charge in [0.25, 0.3) is 0 Å². The van der Waals surface area contributed by atoms with Crippen LogP contribution < -0.4 is 14.8 Å². The molecule has 134 valence electrons. The highest BCUT2D eigenvalue weighted by Crippen LogP contribution is 2.27. The minimum atomic E-state index is -0.0878. The van der Waals surface area contributed by atoms with Gasteiger partial charge < -0.3 is 14.8 Å². The van der Waals surface area contributed by atoms with Gasteiger partial charge in [0.1, 0.15) is 16.5 Å². The van der Waals surface area contributed by atoms with Crippen LogP contribution in [0.15, 0.2) is 53.6 Å². The lowest BCUT2D eigenvalue weighted by molar-refractivity contribution is -0.113. The molecular weight excluding hydrogens is 348 g/mol. The van der Waals surface area contributed by atoms with E-state index in [1.54, 1.807) is 20.3 Å². The van der Waals surface area contributed by atoms with Gasteiger partial charge in [0.05, 0.1) is 25.5 Å². The summed E-state index contributed by atoms with van der Waals surface area (Å²) in [5.74, 6) is 1.66. The second kappa shape index (κ2) is 8.10. The zero-order chi connectivity index (χ0) is 18.5. The van der Waals surface area contributed by atoms with Crippen LogP contribution in [0.25, 0.3) is 10.9 Å². The summed E-state index contributed by atoms with van der Waals surface area (Å²) in [5.41, 5.74) is 2.61. The first-order valence-electron chi connectivity index (χ1n) is 8.11. The van der Waals surface area contributed by atoms with Gasteiger partial charge >= 0.3 is 0 Å². The van der Waals surface area contributed by atoms with E-state index >= 15 is 0 Å². The Morgan fingerprint density at radius 1 is 1.08 bits per heavy atom. The Morgan fingerprint density at radius 3 is 2.62 bits per heavy atom. The molecule has 2 aromatic carbocycles. The lowest BCUT2D eigenvalue weighted by Gasteiger charge is -2.09. The molecule has 3 aromatic rings. The second-order valence-corrected chi connectivity index (χ2v) is 6.70. The molecule has 1 amide bonds. The van der Waals surface area contributed by atoms with E-state index in [1.165, 1.54) is 11.8 Å². The molecule has 5 nitrogen and oxygen atoms in total. The Hall–Kier alpha value is -2.73. The smallest absolute Gasteiger partial charge is 0.234 e. The summed E-state index contributed by atoms with van der Waals surface area (Å²) in [4.78, 5) is 16.9. The fraction of sp³-hybridized carbons (Fsp3) is 0.200. The third-order valence-corrected chi connectivity index (χ3v) is 4.96. The van der Waals surface area contributed by atoms with Crippen molar-refractivity contribution >= 4 is 34.3 Å². The molecule has 0 aliphatic heterocycles. The first kappa shape index (κ1) is 18.1. The molecule has 3 rings (SSSR count). The average molecular weight is 368 g/mol. The number of aryl methyl sites for hydroxylation is 1. The largest absolute Gasteiger partial charge is 0.497 e. The number of nitrogens with one attached hydrogen (secondary N) is 1. The third kappa shape index (κ3) is 4.26. The number of benzene rings is 2. The molecule has 0 saturated carbocycles. The number of carbonyl (C=O) groups excluding carboxylic acids is 1. The molecule has 0 fully saturated rings. The molecular formula is C20H20N2O3S. The number of anilines is 1. The molecule has 6 heteroatoms. The van der Waals surface area contributed by atoms with Crippen molar-refractivity contribution in [3.63, 3.8) is 0 Å². The highest BCUT2D eigenvalue weighted by atomic mass is 32.2. The van der Waals surface area contributed by atoms with Gasteiger partial charge in [-0.15, -0.1) is 0 Å².